The van der Waals surface area contributed by atoms with Crippen LogP contribution in [-0.4, -0.2) is 26.4 Å². The first-order chi connectivity index (χ1) is 6.02. The number of aromatic hydroxyl groups is 2. The third-order valence-electron chi connectivity index (χ3n) is 1.55. The molecule has 0 aliphatic heterocycles. The number of aliphatic hydroxyl groups excluding tert-OH is 1. The average Bonchev–Trinajstić information content (AvgIpc) is 2.08. The summed E-state index contributed by atoms with van der Waals surface area (Å²) in [5.41, 5.74) is 0.0165. The fourth-order valence-electron chi connectivity index (χ4n) is 0.853. The maximum Gasteiger partial charge on any atom is 0.337 e. The Kier molecular flexibility index (Phi) is 2.39. The van der Waals surface area contributed by atoms with Gasteiger partial charge in [-0.05, 0) is 17.7 Å². The molecule has 0 radical (unpaired) electrons. The number of aliphatic carboxylic acids is 1. The Morgan fingerprint density at radius 2 is 1.85 bits per heavy atom. The molecule has 13 heavy (non-hydrogen) atoms. The molecular weight excluding hydrogens is 176 g/mol. The molecule has 1 aromatic carbocycles. The van der Waals surface area contributed by atoms with Gasteiger partial charge in [-0.1, -0.05) is 6.07 Å². The minimum atomic E-state index is -1.69. The van der Waals surface area contributed by atoms with Crippen molar-refractivity contribution in [3.63, 3.8) is 0 Å². The third-order valence-corrected chi connectivity index (χ3v) is 1.55. The molecular formula is C8H8O5. The van der Waals surface area contributed by atoms with E-state index >= 15 is 0 Å². The van der Waals surface area contributed by atoms with Gasteiger partial charge in [0.15, 0.2) is 17.6 Å². The number of rotatable bonds is 2. The van der Waals surface area contributed by atoms with Crippen LogP contribution in [0.4, 0.5) is 0 Å². The summed E-state index contributed by atoms with van der Waals surface area (Å²) in [5.74, 6) is -2.23. The minimum absolute atomic E-state index is 0.0165. The summed E-state index contributed by atoms with van der Waals surface area (Å²) in [6, 6.07) is 3.32. The third kappa shape index (κ3) is 1.88. The normalized spacial score (nSPS) is 12.4. The molecule has 0 aliphatic carbocycles. The Labute approximate surface area is 73.5 Å². The van der Waals surface area contributed by atoms with Gasteiger partial charge in [-0.15, -0.1) is 0 Å². The Morgan fingerprint density at radius 3 is 2.31 bits per heavy atom. The summed E-state index contributed by atoms with van der Waals surface area (Å²) in [6.45, 7) is 0. The maximum atomic E-state index is 10.3. The molecule has 0 amide bonds. The van der Waals surface area contributed by atoms with Gasteiger partial charge in [-0.2, -0.15) is 0 Å². The van der Waals surface area contributed by atoms with Crippen molar-refractivity contribution in [1.29, 1.82) is 0 Å². The number of benzene rings is 1. The lowest BCUT2D eigenvalue weighted by atomic mass is 10.1. The number of phenolic OH excluding ortho intramolecular Hbond substituents is 2. The lowest BCUT2D eigenvalue weighted by Crippen LogP contribution is -2.09. The first-order valence-electron chi connectivity index (χ1n) is 3.45. The number of carboxylic acids is 1. The predicted molar refractivity (Wildman–Crippen MR) is 42.4 cm³/mol. The number of phenols is 2. The van der Waals surface area contributed by atoms with Gasteiger partial charge in [0, 0.05) is 0 Å². The van der Waals surface area contributed by atoms with E-state index in [1.54, 1.807) is 0 Å². The van der Waals surface area contributed by atoms with E-state index in [0.29, 0.717) is 0 Å². The lowest BCUT2D eigenvalue weighted by Gasteiger charge is -2.06. The van der Waals surface area contributed by atoms with Gasteiger partial charge in [-0.25, -0.2) is 4.79 Å². The maximum absolute atomic E-state index is 10.3. The molecule has 0 heterocycles. The zero-order valence-electron chi connectivity index (χ0n) is 6.51. The predicted octanol–water partition coefficient (Wildman–Crippen LogP) is 0.216. The highest BCUT2D eigenvalue weighted by Gasteiger charge is 2.16. The fourth-order valence-corrected chi connectivity index (χ4v) is 0.853. The zero-order valence-corrected chi connectivity index (χ0v) is 6.51. The SMILES string of the molecule is O=C(O)[C@H](O)c1ccc(O)c(O)c1. The summed E-state index contributed by atoms with van der Waals surface area (Å²) in [5, 5.41) is 35.3. The molecule has 0 saturated heterocycles. The Balaban J connectivity index is 3.03. The molecule has 70 valence electrons. The number of aliphatic hydroxyl groups is 1. The summed E-state index contributed by atoms with van der Waals surface area (Å²) in [6.07, 6.45) is -1.69. The van der Waals surface area contributed by atoms with Gasteiger partial charge in [0.2, 0.25) is 0 Å². The van der Waals surface area contributed by atoms with Crippen molar-refractivity contribution in [2.24, 2.45) is 0 Å². The largest absolute Gasteiger partial charge is 0.504 e. The second-order valence-electron chi connectivity index (χ2n) is 2.49. The van der Waals surface area contributed by atoms with Crippen molar-refractivity contribution >= 4 is 5.97 Å². The van der Waals surface area contributed by atoms with Crippen LogP contribution in [0.1, 0.15) is 11.7 Å². The number of carboxylic acid groups (broad SMARTS) is 1. The first kappa shape index (κ1) is 9.34. The molecule has 1 aromatic rings. The van der Waals surface area contributed by atoms with Gasteiger partial charge in [0.1, 0.15) is 0 Å². The number of hydrogen-bond donors (Lipinski definition) is 4. The van der Waals surface area contributed by atoms with Crippen molar-refractivity contribution in [2.75, 3.05) is 0 Å². The van der Waals surface area contributed by atoms with Crippen LogP contribution in [-0.2, 0) is 4.79 Å². The number of carbonyl (C=O) groups is 1. The van der Waals surface area contributed by atoms with E-state index in [0.717, 1.165) is 12.1 Å². The molecule has 0 unspecified atom stereocenters. The quantitative estimate of drug-likeness (QED) is 0.493. The van der Waals surface area contributed by atoms with Gasteiger partial charge >= 0.3 is 5.97 Å². The van der Waals surface area contributed by atoms with Crippen LogP contribution in [0, 0.1) is 0 Å². The van der Waals surface area contributed by atoms with Gasteiger partial charge < -0.3 is 20.4 Å². The van der Waals surface area contributed by atoms with Crippen molar-refractivity contribution < 1.29 is 25.2 Å². The van der Waals surface area contributed by atoms with Crippen LogP contribution in [0.15, 0.2) is 18.2 Å². The summed E-state index contributed by atoms with van der Waals surface area (Å²) >= 11 is 0. The van der Waals surface area contributed by atoms with Crippen LogP contribution in [0.3, 0.4) is 0 Å². The summed E-state index contributed by atoms with van der Waals surface area (Å²) in [4.78, 5) is 10.3. The topological polar surface area (TPSA) is 98.0 Å². The fraction of sp³-hybridized carbons (Fsp3) is 0.125. The highest BCUT2D eigenvalue weighted by molar-refractivity contribution is 5.74. The Morgan fingerprint density at radius 1 is 1.23 bits per heavy atom. The Hall–Kier alpha value is -1.75. The second-order valence-corrected chi connectivity index (χ2v) is 2.49. The second kappa shape index (κ2) is 3.32. The van der Waals surface area contributed by atoms with Crippen LogP contribution in [0.25, 0.3) is 0 Å². The lowest BCUT2D eigenvalue weighted by molar-refractivity contribution is -0.146. The van der Waals surface area contributed by atoms with E-state index in [-0.39, 0.29) is 11.3 Å². The molecule has 5 heteroatoms. The van der Waals surface area contributed by atoms with E-state index in [2.05, 4.69) is 0 Å². The Bertz CT molecular complexity index is 333. The van der Waals surface area contributed by atoms with Crippen molar-refractivity contribution in [1.82, 2.24) is 0 Å². The standard InChI is InChI=1S/C8H8O5/c9-5-2-1-4(3-6(5)10)7(11)8(12)13/h1-3,7,9-11H,(H,12,13)/t7-/m1/s1. The molecule has 0 aliphatic rings. The molecule has 1 atom stereocenters. The minimum Gasteiger partial charge on any atom is -0.504 e. The smallest absolute Gasteiger partial charge is 0.337 e. The van der Waals surface area contributed by atoms with E-state index in [9.17, 15) is 4.79 Å². The first-order valence-corrected chi connectivity index (χ1v) is 3.45. The highest BCUT2D eigenvalue weighted by Crippen LogP contribution is 2.27. The zero-order chi connectivity index (χ0) is 10.0. The van der Waals surface area contributed by atoms with Gasteiger partial charge in [-0.3, -0.25) is 0 Å². The van der Waals surface area contributed by atoms with Crippen LogP contribution in [0.2, 0.25) is 0 Å². The molecule has 0 spiro atoms. The number of hydrogen-bond acceptors (Lipinski definition) is 4. The van der Waals surface area contributed by atoms with Crippen LogP contribution < -0.4 is 0 Å². The van der Waals surface area contributed by atoms with E-state index < -0.39 is 17.8 Å². The molecule has 4 N–H and O–H groups in total. The summed E-state index contributed by atoms with van der Waals surface area (Å²) < 4.78 is 0. The molecule has 0 aromatic heterocycles. The molecule has 5 nitrogen and oxygen atoms in total. The van der Waals surface area contributed by atoms with E-state index in [1.165, 1.54) is 6.07 Å². The molecule has 1 rings (SSSR count). The molecule has 0 bridgehead atoms. The van der Waals surface area contributed by atoms with Crippen molar-refractivity contribution in [3.8, 4) is 11.5 Å². The van der Waals surface area contributed by atoms with E-state index in [4.69, 9.17) is 20.4 Å². The van der Waals surface area contributed by atoms with Crippen molar-refractivity contribution in [2.45, 2.75) is 6.10 Å². The average molecular weight is 184 g/mol. The molecule has 0 saturated carbocycles. The van der Waals surface area contributed by atoms with Gasteiger partial charge in [0.05, 0.1) is 0 Å². The van der Waals surface area contributed by atoms with Gasteiger partial charge in [0.25, 0.3) is 0 Å². The van der Waals surface area contributed by atoms with Crippen LogP contribution >= 0.6 is 0 Å². The monoisotopic (exact) mass is 184 g/mol. The van der Waals surface area contributed by atoms with Crippen molar-refractivity contribution in [3.05, 3.63) is 23.8 Å². The summed E-state index contributed by atoms with van der Waals surface area (Å²) in [7, 11) is 0. The van der Waals surface area contributed by atoms with Crippen LogP contribution in [0.5, 0.6) is 11.5 Å². The van der Waals surface area contributed by atoms with E-state index in [1.807, 2.05) is 0 Å². The highest BCUT2D eigenvalue weighted by atomic mass is 16.4. The molecule has 0 fully saturated rings.